The third-order valence-corrected chi connectivity index (χ3v) is 6.78. The molecule has 2 aromatic heterocycles. The summed E-state index contributed by atoms with van der Waals surface area (Å²) in [4.78, 5) is 19.6. The highest BCUT2D eigenvalue weighted by atomic mass is 16.7. The summed E-state index contributed by atoms with van der Waals surface area (Å²) in [6.45, 7) is 6.42. The number of carbonyl (C=O) groups is 1. The molecule has 8 nitrogen and oxygen atoms in total. The molecule has 1 amide bonds. The standard InChI is InChI=1S/C23H30BN3O5/c1-23(2)12-15-11-18-22(28)27(9-8-26(18)19(15)13-23)21-16(17(24(29)30)6-7-25-21)14-32-20-5-3-4-10-31-20/h6-7,11,20,29-30H,3-5,8-10,12-14H2,1-2H3. The van der Waals surface area contributed by atoms with Crippen molar-refractivity contribution in [2.24, 2.45) is 5.41 Å². The highest BCUT2D eigenvalue weighted by Gasteiger charge is 2.38. The Hall–Kier alpha value is -2.20. The van der Waals surface area contributed by atoms with Crippen molar-refractivity contribution in [3.05, 3.63) is 40.8 Å². The first-order chi connectivity index (χ1) is 15.3. The zero-order valence-electron chi connectivity index (χ0n) is 18.7. The Labute approximate surface area is 188 Å². The van der Waals surface area contributed by atoms with Crippen molar-refractivity contribution in [3.63, 3.8) is 0 Å². The molecule has 0 bridgehead atoms. The van der Waals surface area contributed by atoms with Gasteiger partial charge in [0.15, 0.2) is 6.29 Å². The van der Waals surface area contributed by atoms with E-state index in [1.165, 1.54) is 17.5 Å². The number of rotatable bonds is 5. The summed E-state index contributed by atoms with van der Waals surface area (Å²) in [7, 11) is -1.68. The number of carbonyl (C=O) groups excluding carboxylic acids is 1. The monoisotopic (exact) mass is 439 g/mol. The van der Waals surface area contributed by atoms with Crippen LogP contribution < -0.4 is 10.4 Å². The zero-order valence-corrected chi connectivity index (χ0v) is 18.7. The predicted molar refractivity (Wildman–Crippen MR) is 120 cm³/mol. The van der Waals surface area contributed by atoms with Crippen molar-refractivity contribution < 1.29 is 24.3 Å². The molecule has 2 N–H and O–H groups in total. The topological polar surface area (TPSA) is 97.1 Å². The lowest BCUT2D eigenvalue weighted by atomic mass is 9.77. The Morgan fingerprint density at radius 1 is 1.28 bits per heavy atom. The molecule has 5 rings (SSSR count). The van der Waals surface area contributed by atoms with E-state index in [0.717, 1.165) is 32.1 Å². The van der Waals surface area contributed by atoms with Gasteiger partial charge < -0.3 is 24.1 Å². The number of hydrogen-bond donors (Lipinski definition) is 2. The van der Waals surface area contributed by atoms with Crippen molar-refractivity contribution >= 4 is 24.3 Å². The lowest BCUT2D eigenvalue weighted by molar-refractivity contribution is -0.168. The molecule has 0 aromatic carbocycles. The lowest BCUT2D eigenvalue weighted by Gasteiger charge is -2.31. The minimum Gasteiger partial charge on any atom is -0.423 e. The van der Waals surface area contributed by atoms with Crippen LogP contribution in [0.2, 0.25) is 0 Å². The smallest absolute Gasteiger partial charge is 0.423 e. The number of anilines is 1. The predicted octanol–water partition coefficient (Wildman–Crippen LogP) is 1.39. The van der Waals surface area contributed by atoms with Crippen LogP contribution in [-0.2, 0) is 35.5 Å². The van der Waals surface area contributed by atoms with Crippen molar-refractivity contribution in [1.82, 2.24) is 9.55 Å². The molecule has 0 radical (unpaired) electrons. The molecule has 3 aliphatic rings. The summed E-state index contributed by atoms with van der Waals surface area (Å²) in [5, 5.41) is 19.9. The van der Waals surface area contributed by atoms with Crippen LogP contribution in [0.1, 0.15) is 60.4 Å². The average Bonchev–Trinajstić information content (AvgIpc) is 3.25. The Bertz CT molecular complexity index is 1030. The van der Waals surface area contributed by atoms with Crippen LogP contribution in [0.4, 0.5) is 5.82 Å². The van der Waals surface area contributed by atoms with Crippen LogP contribution >= 0.6 is 0 Å². The molecule has 9 heteroatoms. The summed E-state index contributed by atoms with van der Waals surface area (Å²) in [6.07, 6.45) is 5.96. The third-order valence-electron chi connectivity index (χ3n) is 6.78. The molecule has 1 fully saturated rings. The van der Waals surface area contributed by atoms with E-state index < -0.39 is 7.12 Å². The van der Waals surface area contributed by atoms with Crippen molar-refractivity contribution in [1.29, 1.82) is 0 Å². The van der Waals surface area contributed by atoms with Gasteiger partial charge in [-0.1, -0.05) is 13.8 Å². The first-order valence-electron chi connectivity index (χ1n) is 11.4. The Balaban J connectivity index is 1.44. The Morgan fingerprint density at radius 3 is 2.88 bits per heavy atom. The second-order valence-corrected chi connectivity index (χ2v) is 9.81. The van der Waals surface area contributed by atoms with E-state index in [1.807, 2.05) is 6.07 Å². The SMILES string of the molecule is CC1(C)Cc2cc3n(c2C1)CCN(c1nccc(B(O)O)c1COC1CCCCO1)C3=O. The molecule has 1 atom stereocenters. The second-order valence-electron chi connectivity index (χ2n) is 9.81. The van der Waals surface area contributed by atoms with Gasteiger partial charge >= 0.3 is 7.12 Å². The number of nitrogens with zero attached hydrogens (tertiary/aromatic N) is 3. The zero-order chi connectivity index (χ0) is 22.5. The van der Waals surface area contributed by atoms with Gasteiger partial charge in [-0.25, -0.2) is 4.98 Å². The molecular weight excluding hydrogens is 409 g/mol. The molecule has 1 saturated heterocycles. The van der Waals surface area contributed by atoms with Gasteiger partial charge in [-0.3, -0.25) is 9.69 Å². The normalized spacial score (nSPS) is 22.1. The molecule has 0 spiro atoms. The number of hydrogen-bond acceptors (Lipinski definition) is 6. The first kappa shape index (κ1) is 21.6. The highest BCUT2D eigenvalue weighted by molar-refractivity contribution is 6.59. The molecule has 1 aliphatic carbocycles. The molecule has 1 unspecified atom stereocenters. The molecule has 4 heterocycles. The van der Waals surface area contributed by atoms with Crippen LogP contribution in [0.5, 0.6) is 0 Å². The summed E-state index contributed by atoms with van der Waals surface area (Å²) in [5.41, 5.74) is 4.24. The summed E-state index contributed by atoms with van der Waals surface area (Å²) in [6, 6.07) is 3.58. The fourth-order valence-electron chi connectivity index (χ4n) is 5.25. The number of ether oxygens (including phenoxy) is 2. The number of pyridine rings is 1. The molecule has 2 aliphatic heterocycles. The molecule has 170 valence electrons. The maximum absolute atomic E-state index is 13.5. The molecule has 32 heavy (non-hydrogen) atoms. The van der Waals surface area contributed by atoms with Crippen LogP contribution in [0, 0.1) is 5.41 Å². The van der Waals surface area contributed by atoms with E-state index in [0.29, 0.717) is 42.2 Å². The van der Waals surface area contributed by atoms with Crippen molar-refractivity contribution in [3.8, 4) is 0 Å². The van der Waals surface area contributed by atoms with Gasteiger partial charge in [0.1, 0.15) is 11.5 Å². The first-order valence-corrected chi connectivity index (χ1v) is 11.4. The van der Waals surface area contributed by atoms with Gasteiger partial charge in [0.2, 0.25) is 0 Å². The summed E-state index contributed by atoms with van der Waals surface area (Å²) >= 11 is 0. The van der Waals surface area contributed by atoms with Crippen LogP contribution in [-0.4, -0.2) is 52.1 Å². The van der Waals surface area contributed by atoms with Gasteiger partial charge in [-0.2, -0.15) is 0 Å². The number of fused-ring (bicyclic) bond motifs is 3. The summed E-state index contributed by atoms with van der Waals surface area (Å²) in [5.74, 6) is 0.306. The van der Waals surface area contributed by atoms with Gasteiger partial charge in [0.25, 0.3) is 5.91 Å². The lowest BCUT2D eigenvalue weighted by Crippen LogP contribution is -2.44. The average molecular weight is 439 g/mol. The molecule has 2 aromatic rings. The van der Waals surface area contributed by atoms with Gasteiger partial charge in [-0.15, -0.1) is 0 Å². The van der Waals surface area contributed by atoms with E-state index >= 15 is 0 Å². The third kappa shape index (κ3) is 3.87. The Kier molecular flexibility index (Phi) is 5.61. The number of aromatic nitrogens is 2. The van der Waals surface area contributed by atoms with E-state index in [1.54, 1.807) is 11.0 Å². The second kappa shape index (κ2) is 8.30. The quantitative estimate of drug-likeness (QED) is 0.684. The summed E-state index contributed by atoms with van der Waals surface area (Å²) < 4.78 is 13.7. The van der Waals surface area contributed by atoms with Crippen LogP contribution in [0.15, 0.2) is 18.3 Å². The fraction of sp³-hybridized carbons (Fsp3) is 0.565. The minimum atomic E-state index is -1.68. The van der Waals surface area contributed by atoms with Gasteiger partial charge in [-0.05, 0) is 60.7 Å². The maximum atomic E-state index is 13.5. The van der Waals surface area contributed by atoms with E-state index in [4.69, 9.17) is 9.47 Å². The van der Waals surface area contributed by atoms with Gasteiger partial charge in [0, 0.05) is 37.2 Å². The van der Waals surface area contributed by atoms with Crippen LogP contribution in [0.25, 0.3) is 0 Å². The Morgan fingerprint density at radius 2 is 2.12 bits per heavy atom. The van der Waals surface area contributed by atoms with Gasteiger partial charge in [0.05, 0.1) is 6.61 Å². The van der Waals surface area contributed by atoms with E-state index in [2.05, 4.69) is 23.4 Å². The maximum Gasteiger partial charge on any atom is 0.488 e. The number of amides is 1. The van der Waals surface area contributed by atoms with Crippen molar-refractivity contribution in [2.75, 3.05) is 18.1 Å². The van der Waals surface area contributed by atoms with E-state index in [9.17, 15) is 14.8 Å². The molecular formula is C23H30BN3O5. The largest absolute Gasteiger partial charge is 0.488 e. The fourth-order valence-corrected chi connectivity index (χ4v) is 5.25. The minimum absolute atomic E-state index is 0.0935. The van der Waals surface area contributed by atoms with E-state index in [-0.39, 0.29) is 24.2 Å². The van der Waals surface area contributed by atoms with Crippen LogP contribution in [0.3, 0.4) is 0 Å². The van der Waals surface area contributed by atoms with Crippen molar-refractivity contribution in [2.45, 2.75) is 65.4 Å². The highest BCUT2D eigenvalue weighted by Crippen LogP contribution is 2.39. The molecule has 0 saturated carbocycles.